The molecule has 4 rings (SSSR count). The Bertz CT molecular complexity index is 1400. The van der Waals surface area contributed by atoms with Gasteiger partial charge in [-0.25, -0.2) is 0 Å². The van der Waals surface area contributed by atoms with Crippen molar-refractivity contribution in [2.75, 3.05) is 12.9 Å². The van der Waals surface area contributed by atoms with E-state index in [1.54, 1.807) is 49.6 Å². The first-order valence-corrected chi connectivity index (χ1v) is 12.5. The third kappa shape index (κ3) is 6.25. The lowest BCUT2D eigenvalue weighted by Crippen LogP contribution is -2.25. The van der Waals surface area contributed by atoms with Crippen molar-refractivity contribution in [3.63, 3.8) is 0 Å². The molecule has 9 heteroatoms. The summed E-state index contributed by atoms with van der Waals surface area (Å²) in [5.74, 6) is 1.11. The minimum Gasteiger partial charge on any atom is -0.508 e. The second-order valence-corrected chi connectivity index (χ2v) is 8.98. The number of allylic oxidation sites excluding steroid dienone is 1. The normalized spacial score (nSPS) is 10.6. The minimum atomic E-state index is -0.247. The van der Waals surface area contributed by atoms with Crippen LogP contribution in [0.4, 0.5) is 0 Å². The van der Waals surface area contributed by atoms with E-state index in [-0.39, 0.29) is 29.7 Å². The van der Waals surface area contributed by atoms with E-state index in [9.17, 15) is 14.7 Å². The molecule has 0 radical (unpaired) electrons. The molecular formula is C28H26N4O4S. The fraction of sp³-hybridized carbons (Fsp3) is 0.143. The van der Waals surface area contributed by atoms with Crippen LogP contribution in [0.3, 0.4) is 0 Å². The summed E-state index contributed by atoms with van der Waals surface area (Å²) in [4.78, 5) is 25.3. The number of ether oxygens (including phenoxy) is 1. The maximum absolute atomic E-state index is 12.7. The van der Waals surface area contributed by atoms with Crippen molar-refractivity contribution >= 4 is 23.5 Å². The molecule has 0 unspecified atom stereocenters. The quantitative estimate of drug-likeness (QED) is 0.173. The Kier molecular flexibility index (Phi) is 8.37. The molecule has 8 nitrogen and oxygen atoms in total. The van der Waals surface area contributed by atoms with Gasteiger partial charge in [-0.15, -0.1) is 16.8 Å². The number of hydrogen-bond donors (Lipinski definition) is 2. The molecule has 1 heterocycles. The summed E-state index contributed by atoms with van der Waals surface area (Å²) in [6.45, 7) is 4.37. The molecule has 0 saturated carbocycles. The number of aromatic hydroxyl groups is 1. The molecule has 1 aromatic heterocycles. The molecule has 4 aromatic rings. The molecule has 0 spiro atoms. The highest BCUT2D eigenvalue weighted by molar-refractivity contribution is 7.99. The maximum Gasteiger partial charge on any atom is 0.230 e. The highest BCUT2D eigenvalue weighted by Gasteiger charge is 2.16. The van der Waals surface area contributed by atoms with E-state index in [0.717, 1.165) is 11.3 Å². The molecule has 0 aliphatic rings. The van der Waals surface area contributed by atoms with Crippen LogP contribution in [0.25, 0.3) is 11.4 Å². The fourth-order valence-corrected chi connectivity index (χ4v) is 4.42. The van der Waals surface area contributed by atoms with E-state index in [4.69, 9.17) is 4.74 Å². The third-order valence-corrected chi connectivity index (χ3v) is 6.53. The maximum atomic E-state index is 12.7. The number of benzene rings is 3. The van der Waals surface area contributed by atoms with Crippen LogP contribution in [-0.4, -0.2) is 44.4 Å². The van der Waals surface area contributed by atoms with E-state index in [1.165, 1.54) is 17.8 Å². The molecule has 37 heavy (non-hydrogen) atoms. The van der Waals surface area contributed by atoms with E-state index in [0.29, 0.717) is 34.2 Å². The van der Waals surface area contributed by atoms with Gasteiger partial charge in [0.15, 0.2) is 16.8 Å². The van der Waals surface area contributed by atoms with Gasteiger partial charge >= 0.3 is 0 Å². The summed E-state index contributed by atoms with van der Waals surface area (Å²) in [6, 6.07) is 21.0. The van der Waals surface area contributed by atoms with Crippen LogP contribution in [0.2, 0.25) is 0 Å². The van der Waals surface area contributed by atoms with Gasteiger partial charge in [-0.2, -0.15) is 0 Å². The summed E-state index contributed by atoms with van der Waals surface area (Å²) in [7, 11) is 1.61. The Balaban J connectivity index is 1.39. The van der Waals surface area contributed by atoms with Crippen LogP contribution in [0.1, 0.15) is 21.5 Å². The zero-order valence-electron chi connectivity index (χ0n) is 20.3. The zero-order chi connectivity index (χ0) is 26.2. The number of thioether (sulfide) groups is 1. The average Bonchev–Trinajstić information content (AvgIpc) is 3.34. The summed E-state index contributed by atoms with van der Waals surface area (Å²) in [5.41, 5.74) is 2.31. The predicted molar refractivity (Wildman–Crippen MR) is 143 cm³/mol. The Morgan fingerprint density at radius 2 is 1.81 bits per heavy atom. The number of phenols is 1. The molecule has 0 bridgehead atoms. The van der Waals surface area contributed by atoms with E-state index in [2.05, 4.69) is 22.1 Å². The second-order valence-electron chi connectivity index (χ2n) is 8.04. The molecule has 1 amide bonds. The van der Waals surface area contributed by atoms with Crippen LogP contribution in [0.15, 0.2) is 90.6 Å². The highest BCUT2D eigenvalue weighted by Crippen LogP contribution is 2.26. The Hall–Kier alpha value is -4.37. The van der Waals surface area contributed by atoms with Crippen molar-refractivity contribution in [2.24, 2.45) is 0 Å². The van der Waals surface area contributed by atoms with Gasteiger partial charge in [0.25, 0.3) is 0 Å². The Morgan fingerprint density at radius 1 is 1.05 bits per heavy atom. The zero-order valence-corrected chi connectivity index (χ0v) is 21.1. The number of aromatic nitrogens is 3. The van der Waals surface area contributed by atoms with Gasteiger partial charge in [0.1, 0.15) is 11.5 Å². The van der Waals surface area contributed by atoms with Crippen molar-refractivity contribution in [1.82, 2.24) is 20.1 Å². The number of carbonyl (C=O) groups excluding carboxylic acids is 2. The van der Waals surface area contributed by atoms with E-state index in [1.807, 2.05) is 34.9 Å². The molecule has 3 aromatic carbocycles. The lowest BCUT2D eigenvalue weighted by molar-refractivity contribution is -0.118. The SMILES string of the molecule is C=CCn1c(SCC(=O)NCc2cc(C(=O)c3ccccc3)ccc2O)nnc1-c1ccc(OC)cc1. The standard InChI is InChI=1S/C28H26N4O4S/c1-3-15-32-27(20-9-12-23(36-2)13-10-20)30-31-28(32)37-18-25(34)29-17-22-16-21(11-14-24(22)33)26(35)19-7-5-4-6-8-19/h3-14,16,33H,1,15,17-18H2,2H3,(H,29,34). The van der Waals surface area contributed by atoms with Gasteiger partial charge in [0.2, 0.25) is 5.91 Å². The number of carbonyl (C=O) groups is 2. The van der Waals surface area contributed by atoms with Crippen molar-refractivity contribution < 1.29 is 19.4 Å². The average molecular weight is 515 g/mol. The molecular weight excluding hydrogens is 488 g/mol. The van der Waals surface area contributed by atoms with Crippen molar-refractivity contribution in [1.29, 1.82) is 0 Å². The minimum absolute atomic E-state index is 0.00687. The highest BCUT2D eigenvalue weighted by atomic mass is 32.2. The monoisotopic (exact) mass is 514 g/mol. The van der Waals surface area contributed by atoms with Crippen LogP contribution in [0.5, 0.6) is 11.5 Å². The number of amides is 1. The van der Waals surface area contributed by atoms with Crippen LogP contribution in [-0.2, 0) is 17.9 Å². The molecule has 0 aliphatic carbocycles. The largest absolute Gasteiger partial charge is 0.508 e. The lowest BCUT2D eigenvalue weighted by atomic mass is 10.0. The van der Waals surface area contributed by atoms with Crippen molar-refractivity contribution in [2.45, 2.75) is 18.2 Å². The van der Waals surface area contributed by atoms with E-state index >= 15 is 0 Å². The van der Waals surface area contributed by atoms with Gasteiger partial charge in [-0.05, 0) is 42.5 Å². The molecule has 0 fully saturated rings. The van der Waals surface area contributed by atoms with Crippen LogP contribution >= 0.6 is 11.8 Å². The molecule has 188 valence electrons. The summed E-state index contributed by atoms with van der Waals surface area (Å²) in [6.07, 6.45) is 1.74. The summed E-state index contributed by atoms with van der Waals surface area (Å²) >= 11 is 1.25. The van der Waals surface area contributed by atoms with Gasteiger partial charge in [-0.1, -0.05) is 48.2 Å². The summed E-state index contributed by atoms with van der Waals surface area (Å²) in [5, 5.41) is 22.2. The van der Waals surface area contributed by atoms with Gasteiger partial charge in [0, 0.05) is 35.3 Å². The predicted octanol–water partition coefficient (Wildman–Crippen LogP) is 4.48. The molecule has 0 aliphatic heterocycles. The van der Waals surface area contributed by atoms with Crippen molar-refractivity contribution in [3.8, 4) is 22.9 Å². The Morgan fingerprint density at radius 3 is 2.51 bits per heavy atom. The Labute approximate surface area is 219 Å². The lowest BCUT2D eigenvalue weighted by Gasteiger charge is -2.10. The first kappa shape index (κ1) is 25.7. The number of nitrogens with one attached hydrogen (secondary N) is 1. The summed E-state index contributed by atoms with van der Waals surface area (Å²) < 4.78 is 7.10. The van der Waals surface area contributed by atoms with Crippen molar-refractivity contribution in [3.05, 3.63) is 102 Å². The number of nitrogens with zero attached hydrogens (tertiary/aromatic N) is 3. The topological polar surface area (TPSA) is 106 Å². The van der Waals surface area contributed by atoms with Crippen LogP contribution < -0.4 is 10.1 Å². The van der Waals surface area contributed by atoms with Gasteiger partial charge in [-0.3, -0.25) is 14.2 Å². The fourth-order valence-electron chi connectivity index (χ4n) is 3.64. The first-order chi connectivity index (χ1) is 18.0. The molecule has 0 atom stereocenters. The molecule has 2 N–H and O–H groups in total. The van der Waals surface area contributed by atoms with Gasteiger partial charge in [0.05, 0.1) is 12.9 Å². The van der Waals surface area contributed by atoms with Crippen LogP contribution in [0, 0.1) is 0 Å². The number of rotatable bonds is 11. The van der Waals surface area contributed by atoms with E-state index < -0.39 is 0 Å². The van der Waals surface area contributed by atoms with Gasteiger partial charge < -0.3 is 15.2 Å². The molecule has 0 saturated heterocycles. The first-order valence-electron chi connectivity index (χ1n) is 11.5. The number of hydrogen-bond acceptors (Lipinski definition) is 7. The smallest absolute Gasteiger partial charge is 0.230 e. The third-order valence-electron chi connectivity index (χ3n) is 5.56. The number of ketones is 1. The number of phenolic OH excluding ortho intramolecular Hbond substituents is 1. The second kappa shape index (κ2) is 12.0. The number of methoxy groups -OCH3 is 1.